The number of piperidine rings is 1. The highest BCUT2D eigenvalue weighted by molar-refractivity contribution is 5.92. The van der Waals surface area contributed by atoms with Crippen molar-refractivity contribution in [2.75, 3.05) is 18.8 Å². The van der Waals surface area contributed by atoms with Gasteiger partial charge in [0.1, 0.15) is 11.5 Å². The summed E-state index contributed by atoms with van der Waals surface area (Å²) >= 11 is 0. The average Bonchev–Trinajstić information content (AvgIpc) is 3.07. The van der Waals surface area contributed by atoms with Crippen molar-refractivity contribution in [1.29, 1.82) is 0 Å². The summed E-state index contributed by atoms with van der Waals surface area (Å²) in [6.45, 7) is 1.44. The molecule has 2 N–H and O–H groups in total. The van der Waals surface area contributed by atoms with Crippen LogP contribution in [-0.2, 0) is 7.05 Å². The highest BCUT2D eigenvalue weighted by Crippen LogP contribution is 2.23. The minimum absolute atomic E-state index is 0.00373. The monoisotopic (exact) mass is 274 g/mol. The minimum Gasteiger partial charge on any atom is -0.382 e. The molecular weight excluding hydrogens is 256 g/mol. The predicted octanol–water partition coefficient (Wildman–Crippen LogP) is 0.676. The zero-order valence-corrected chi connectivity index (χ0v) is 11.4. The minimum atomic E-state index is 0.00373. The van der Waals surface area contributed by atoms with E-state index in [1.54, 1.807) is 23.2 Å². The van der Waals surface area contributed by atoms with Gasteiger partial charge < -0.3 is 15.2 Å². The number of carbonyl (C=O) groups is 1. The molecule has 0 unspecified atom stereocenters. The Morgan fingerprint density at radius 1 is 1.40 bits per heavy atom. The van der Waals surface area contributed by atoms with Crippen molar-refractivity contribution in [3.8, 4) is 0 Å². The van der Waals surface area contributed by atoms with Gasteiger partial charge in [-0.2, -0.15) is 5.10 Å². The van der Waals surface area contributed by atoms with Gasteiger partial charge in [0.2, 0.25) is 0 Å². The summed E-state index contributed by atoms with van der Waals surface area (Å²) in [5.41, 5.74) is 6.14. The van der Waals surface area contributed by atoms with Gasteiger partial charge in [-0.3, -0.25) is 9.48 Å². The first-order valence-corrected chi connectivity index (χ1v) is 6.71. The molecule has 1 fully saturated rings. The summed E-state index contributed by atoms with van der Waals surface area (Å²) in [6.07, 6.45) is 7.07. The Kier molecular flexibility index (Phi) is 3.17. The molecular formula is C13H18N6O. The Morgan fingerprint density at radius 2 is 2.15 bits per heavy atom. The van der Waals surface area contributed by atoms with Gasteiger partial charge >= 0.3 is 0 Å². The zero-order chi connectivity index (χ0) is 14.1. The molecule has 7 nitrogen and oxygen atoms in total. The van der Waals surface area contributed by atoms with Crippen LogP contribution in [0.2, 0.25) is 0 Å². The van der Waals surface area contributed by atoms with Crippen LogP contribution >= 0.6 is 0 Å². The summed E-state index contributed by atoms with van der Waals surface area (Å²) in [5.74, 6) is 0.543. The van der Waals surface area contributed by atoms with Crippen LogP contribution in [0.1, 0.15) is 29.4 Å². The molecule has 20 heavy (non-hydrogen) atoms. The first-order chi connectivity index (χ1) is 9.63. The van der Waals surface area contributed by atoms with E-state index in [-0.39, 0.29) is 5.91 Å². The van der Waals surface area contributed by atoms with Crippen molar-refractivity contribution in [3.63, 3.8) is 0 Å². The number of anilines is 1. The zero-order valence-electron chi connectivity index (χ0n) is 11.4. The van der Waals surface area contributed by atoms with Crippen molar-refractivity contribution >= 4 is 11.7 Å². The number of hydrogen-bond donors (Lipinski definition) is 1. The second kappa shape index (κ2) is 4.99. The second-order valence-corrected chi connectivity index (χ2v) is 5.17. The van der Waals surface area contributed by atoms with E-state index < -0.39 is 0 Å². The second-order valence-electron chi connectivity index (χ2n) is 5.17. The summed E-state index contributed by atoms with van der Waals surface area (Å²) in [7, 11) is 1.86. The smallest absolute Gasteiger partial charge is 0.274 e. The van der Waals surface area contributed by atoms with E-state index in [4.69, 9.17) is 5.73 Å². The first-order valence-electron chi connectivity index (χ1n) is 6.71. The van der Waals surface area contributed by atoms with E-state index in [0.29, 0.717) is 17.6 Å². The lowest BCUT2D eigenvalue weighted by Gasteiger charge is -2.31. The van der Waals surface area contributed by atoms with Crippen molar-refractivity contribution < 1.29 is 4.79 Å². The number of likely N-dealkylation sites (tertiary alicyclic amines) is 1. The molecule has 3 heterocycles. The molecule has 0 atom stereocenters. The third kappa shape index (κ3) is 2.38. The molecule has 1 aliphatic rings. The SMILES string of the molecule is Cn1cnc(C(=O)N2CCC(n3ccc(N)n3)CC2)c1. The number of aryl methyl sites for hydroxylation is 1. The normalized spacial score (nSPS) is 16.6. The molecule has 2 aromatic heterocycles. The highest BCUT2D eigenvalue weighted by Gasteiger charge is 2.25. The quantitative estimate of drug-likeness (QED) is 0.873. The van der Waals surface area contributed by atoms with Gasteiger partial charge in [0.05, 0.1) is 12.4 Å². The lowest BCUT2D eigenvalue weighted by molar-refractivity contribution is 0.0684. The fourth-order valence-electron chi connectivity index (χ4n) is 2.57. The van der Waals surface area contributed by atoms with Crippen LogP contribution in [0.3, 0.4) is 0 Å². The molecule has 1 aliphatic heterocycles. The lowest BCUT2D eigenvalue weighted by Crippen LogP contribution is -2.39. The number of aromatic nitrogens is 4. The van der Waals surface area contributed by atoms with E-state index in [2.05, 4.69) is 10.1 Å². The maximum absolute atomic E-state index is 12.3. The van der Waals surface area contributed by atoms with Crippen molar-refractivity contribution in [3.05, 3.63) is 30.5 Å². The lowest BCUT2D eigenvalue weighted by atomic mass is 10.1. The summed E-state index contributed by atoms with van der Waals surface area (Å²) < 4.78 is 3.68. The number of nitrogens with two attached hydrogens (primary N) is 1. The number of nitrogen functional groups attached to an aromatic ring is 1. The van der Waals surface area contributed by atoms with Crippen LogP contribution in [0.4, 0.5) is 5.82 Å². The molecule has 0 radical (unpaired) electrons. The molecule has 7 heteroatoms. The molecule has 3 rings (SSSR count). The standard InChI is InChI=1S/C13H18N6O/c1-17-8-11(15-9-17)13(20)18-5-2-10(3-6-18)19-7-4-12(14)16-19/h4,7-10H,2-3,5-6H2,1H3,(H2,14,16). The summed E-state index contributed by atoms with van der Waals surface area (Å²) in [4.78, 5) is 18.2. The number of carbonyl (C=O) groups excluding carboxylic acids is 1. The molecule has 0 bridgehead atoms. The van der Waals surface area contributed by atoms with Crippen LogP contribution < -0.4 is 5.73 Å². The molecule has 1 saturated heterocycles. The topological polar surface area (TPSA) is 82.0 Å². The summed E-state index contributed by atoms with van der Waals surface area (Å²) in [5, 5.41) is 4.24. The van der Waals surface area contributed by atoms with Gasteiger partial charge in [0.15, 0.2) is 0 Å². The van der Waals surface area contributed by atoms with Gasteiger partial charge in [-0.05, 0) is 18.9 Å². The third-order valence-corrected chi connectivity index (χ3v) is 3.68. The predicted molar refractivity (Wildman–Crippen MR) is 74.0 cm³/mol. The number of imidazole rings is 1. The van der Waals surface area contributed by atoms with Gasteiger partial charge in [-0.15, -0.1) is 0 Å². The molecule has 0 saturated carbocycles. The van der Waals surface area contributed by atoms with Gasteiger partial charge in [0, 0.05) is 32.5 Å². The Hall–Kier alpha value is -2.31. The first kappa shape index (κ1) is 12.7. The van der Waals surface area contributed by atoms with Crippen LogP contribution in [0.5, 0.6) is 0 Å². The molecule has 106 valence electrons. The average molecular weight is 274 g/mol. The fraction of sp³-hybridized carbons (Fsp3) is 0.462. The van der Waals surface area contributed by atoms with Gasteiger partial charge in [-0.1, -0.05) is 0 Å². The third-order valence-electron chi connectivity index (χ3n) is 3.68. The Labute approximate surface area is 117 Å². The van der Waals surface area contributed by atoms with E-state index in [1.165, 1.54) is 0 Å². The molecule has 0 aromatic carbocycles. The number of nitrogens with zero attached hydrogens (tertiary/aromatic N) is 5. The summed E-state index contributed by atoms with van der Waals surface area (Å²) in [6, 6.07) is 2.12. The van der Waals surface area contributed by atoms with Crippen LogP contribution in [0.25, 0.3) is 0 Å². The van der Waals surface area contributed by atoms with Crippen molar-refractivity contribution in [1.82, 2.24) is 24.2 Å². The van der Waals surface area contributed by atoms with Gasteiger partial charge in [0.25, 0.3) is 5.91 Å². The highest BCUT2D eigenvalue weighted by atomic mass is 16.2. The van der Waals surface area contributed by atoms with Crippen molar-refractivity contribution in [2.24, 2.45) is 7.05 Å². The molecule has 2 aromatic rings. The van der Waals surface area contributed by atoms with E-state index in [0.717, 1.165) is 25.9 Å². The van der Waals surface area contributed by atoms with E-state index in [1.807, 2.05) is 22.8 Å². The maximum atomic E-state index is 12.3. The maximum Gasteiger partial charge on any atom is 0.274 e. The Morgan fingerprint density at radius 3 is 2.70 bits per heavy atom. The fourth-order valence-corrected chi connectivity index (χ4v) is 2.57. The van der Waals surface area contributed by atoms with Crippen LogP contribution in [0.15, 0.2) is 24.8 Å². The largest absolute Gasteiger partial charge is 0.382 e. The number of rotatable bonds is 2. The van der Waals surface area contributed by atoms with E-state index >= 15 is 0 Å². The Bertz CT molecular complexity index is 608. The van der Waals surface area contributed by atoms with Gasteiger partial charge in [-0.25, -0.2) is 4.98 Å². The number of hydrogen-bond acceptors (Lipinski definition) is 4. The Balaban J connectivity index is 1.62. The van der Waals surface area contributed by atoms with Crippen molar-refractivity contribution in [2.45, 2.75) is 18.9 Å². The van der Waals surface area contributed by atoms with Crippen LogP contribution in [-0.4, -0.2) is 43.2 Å². The molecule has 1 amide bonds. The van der Waals surface area contributed by atoms with Crippen LogP contribution in [0, 0.1) is 0 Å². The molecule has 0 aliphatic carbocycles. The number of amides is 1. The molecule has 0 spiro atoms. The van der Waals surface area contributed by atoms with E-state index in [9.17, 15) is 4.79 Å².